The van der Waals surface area contributed by atoms with Crippen LogP contribution < -0.4 is 10.1 Å². The fourth-order valence-electron chi connectivity index (χ4n) is 2.42. The average molecular weight is 317 g/mol. The fourth-order valence-corrected chi connectivity index (χ4v) is 2.42. The van der Waals surface area contributed by atoms with E-state index in [-0.39, 0.29) is 5.91 Å². The molecule has 0 aromatic heterocycles. The maximum Gasteiger partial charge on any atom is 0.251 e. The Bertz CT molecular complexity index is 785. The summed E-state index contributed by atoms with van der Waals surface area (Å²) in [7, 11) is 0. The minimum Gasteiger partial charge on any atom is -0.492 e. The third-order valence-corrected chi connectivity index (χ3v) is 3.63. The maximum atomic E-state index is 12.3. The first-order valence-electron chi connectivity index (χ1n) is 7.94. The first kappa shape index (κ1) is 15.8. The summed E-state index contributed by atoms with van der Waals surface area (Å²) in [5.74, 6) is 0.710. The Morgan fingerprint density at radius 3 is 2.21 bits per heavy atom. The molecule has 0 radical (unpaired) electrons. The number of carbonyl (C=O) groups excluding carboxylic acids is 1. The lowest BCUT2D eigenvalue weighted by atomic mass is 10.0. The standard InChI is InChI=1S/C21H19NO2/c23-21(22-14-15-24-20-12-5-2-6-13-20)19-11-7-10-18(16-19)17-8-3-1-4-9-17/h1-13,16H,14-15H2,(H,22,23). The monoisotopic (exact) mass is 317 g/mol. The van der Waals surface area contributed by atoms with Gasteiger partial charge in [0.2, 0.25) is 0 Å². The van der Waals surface area contributed by atoms with Crippen molar-refractivity contribution in [1.29, 1.82) is 0 Å². The molecule has 0 aliphatic carbocycles. The lowest BCUT2D eigenvalue weighted by molar-refractivity contribution is 0.0947. The highest BCUT2D eigenvalue weighted by atomic mass is 16.5. The average Bonchev–Trinajstić information content (AvgIpc) is 2.67. The highest BCUT2D eigenvalue weighted by molar-refractivity contribution is 5.95. The number of hydrogen-bond acceptors (Lipinski definition) is 2. The molecule has 24 heavy (non-hydrogen) atoms. The second-order valence-electron chi connectivity index (χ2n) is 5.36. The summed E-state index contributed by atoms with van der Waals surface area (Å²) < 4.78 is 5.57. The van der Waals surface area contributed by atoms with E-state index < -0.39 is 0 Å². The van der Waals surface area contributed by atoms with Gasteiger partial charge in [-0.15, -0.1) is 0 Å². The van der Waals surface area contributed by atoms with E-state index in [4.69, 9.17) is 4.74 Å². The van der Waals surface area contributed by atoms with Gasteiger partial charge >= 0.3 is 0 Å². The van der Waals surface area contributed by atoms with Gasteiger partial charge in [0.05, 0.1) is 6.54 Å². The van der Waals surface area contributed by atoms with Crippen LogP contribution in [0.4, 0.5) is 0 Å². The smallest absolute Gasteiger partial charge is 0.251 e. The van der Waals surface area contributed by atoms with Gasteiger partial charge < -0.3 is 10.1 Å². The molecule has 120 valence electrons. The second-order valence-corrected chi connectivity index (χ2v) is 5.36. The Hall–Kier alpha value is -3.07. The van der Waals surface area contributed by atoms with Crippen LogP contribution in [0.25, 0.3) is 11.1 Å². The number of para-hydroxylation sites is 1. The predicted octanol–water partition coefficient (Wildman–Crippen LogP) is 4.16. The van der Waals surface area contributed by atoms with E-state index in [1.54, 1.807) is 0 Å². The third kappa shape index (κ3) is 4.23. The minimum absolute atomic E-state index is 0.0931. The van der Waals surface area contributed by atoms with Crippen LogP contribution in [0, 0.1) is 0 Å². The maximum absolute atomic E-state index is 12.3. The van der Waals surface area contributed by atoms with E-state index in [2.05, 4.69) is 5.32 Å². The number of ether oxygens (including phenoxy) is 1. The summed E-state index contributed by atoms with van der Waals surface area (Å²) >= 11 is 0. The number of hydrogen-bond donors (Lipinski definition) is 1. The Kier molecular flexibility index (Phi) is 5.25. The molecule has 0 aliphatic heterocycles. The van der Waals surface area contributed by atoms with E-state index in [0.717, 1.165) is 16.9 Å². The first-order valence-corrected chi connectivity index (χ1v) is 7.94. The van der Waals surface area contributed by atoms with Crippen LogP contribution in [-0.2, 0) is 0 Å². The zero-order valence-corrected chi connectivity index (χ0v) is 13.3. The van der Waals surface area contributed by atoms with Crippen LogP contribution in [0.15, 0.2) is 84.9 Å². The molecule has 0 aliphatic rings. The van der Waals surface area contributed by atoms with Crippen molar-refractivity contribution in [3.05, 3.63) is 90.5 Å². The zero-order valence-electron chi connectivity index (χ0n) is 13.3. The third-order valence-electron chi connectivity index (χ3n) is 3.63. The fraction of sp³-hybridized carbons (Fsp3) is 0.0952. The minimum atomic E-state index is -0.0931. The molecule has 1 N–H and O–H groups in total. The summed E-state index contributed by atoms with van der Waals surface area (Å²) in [5, 5.41) is 2.88. The normalized spacial score (nSPS) is 10.2. The van der Waals surface area contributed by atoms with Gasteiger partial charge in [0.25, 0.3) is 5.91 Å². The van der Waals surface area contributed by atoms with Crippen LogP contribution in [0.1, 0.15) is 10.4 Å². The molecule has 3 heteroatoms. The van der Waals surface area contributed by atoms with Crippen LogP contribution >= 0.6 is 0 Å². The molecule has 0 saturated carbocycles. The molecule has 0 heterocycles. The Morgan fingerprint density at radius 2 is 1.46 bits per heavy atom. The highest BCUT2D eigenvalue weighted by Crippen LogP contribution is 2.19. The van der Waals surface area contributed by atoms with E-state index in [9.17, 15) is 4.79 Å². The van der Waals surface area contributed by atoms with Gasteiger partial charge in [0.1, 0.15) is 12.4 Å². The molecule has 1 amide bonds. The summed E-state index contributed by atoms with van der Waals surface area (Å²) in [6.07, 6.45) is 0. The van der Waals surface area contributed by atoms with Gasteiger partial charge in [0.15, 0.2) is 0 Å². The van der Waals surface area contributed by atoms with Crippen molar-refractivity contribution in [2.75, 3.05) is 13.2 Å². The highest BCUT2D eigenvalue weighted by Gasteiger charge is 2.06. The molecule has 3 nitrogen and oxygen atoms in total. The number of carbonyl (C=O) groups is 1. The van der Waals surface area contributed by atoms with Gasteiger partial charge in [-0.05, 0) is 35.4 Å². The van der Waals surface area contributed by atoms with Crippen LogP contribution in [0.5, 0.6) is 5.75 Å². The van der Waals surface area contributed by atoms with E-state index in [0.29, 0.717) is 18.7 Å². The second kappa shape index (κ2) is 7.97. The Labute approximate surface area is 141 Å². The van der Waals surface area contributed by atoms with Crippen LogP contribution in [-0.4, -0.2) is 19.1 Å². The molecule has 0 atom stereocenters. The molecule has 0 bridgehead atoms. The quantitative estimate of drug-likeness (QED) is 0.693. The van der Waals surface area contributed by atoms with Crippen molar-refractivity contribution in [1.82, 2.24) is 5.32 Å². The van der Waals surface area contributed by atoms with Gasteiger partial charge in [0, 0.05) is 5.56 Å². The van der Waals surface area contributed by atoms with Gasteiger partial charge in [-0.25, -0.2) is 0 Å². The van der Waals surface area contributed by atoms with Crippen LogP contribution in [0.2, 0.25) is 0 Å². The number of benzene rings is 3. The van der Waals surface area contributed by atoms with Crippen molar-refractivity contribution >= 4 is 5.91 Å². The van der Waals surface area contributed by atoms with Gasteiger partial charge in [-0.3, -0.25) is 4.79 Å². The molecule has 0 unspecified atom stereocenters. The van der Waals surface area contributed by atoms with Gasteiger partial charge in [-0.1, -0.05) is 60.7 Å². The largest absolute Gasteiger partial charge is 0.492 e. The van der Waals surface area contributed by atoms with E-state index >= 15 is 0 Å². The van der Waals surface area contributed by atoms with Crippen molar-refractivity contribution < 1.29 is 9.53 Å². The van der Waals surface area contributed by atoms with E-state index in [1.165, 1.54) is 0 Å². The van der Waals surface area contributed by atoms with Crippen molar-refractivity contribution in [2.24, 2.45) is 0 Å². The molecule has 3 aromatic rings. The number of nitrogens with one attached hydrogen (secondary N) is 1. The molecule has 3 aromatic carbocycles. The Balaban J connectivity index is 1.55. The summed E-state index contributed by atoms with van der Waals surface area (Å²) in [4.78, 5) is 12.3. The van der Waals surface area contributed by atoms with E-state index in [1.807, 2.05) is 84.9 Å². The summed E-state index contributed by atoms with van der Waals surface area (Å²) in [5.41, 5.74) is 2.78. The SMILES string of the molecule is O=C(NCCOc1ccccc1)c1cccc(-c2ccccc2)c1. The molecule has 0 fully saturated rings. The number of rotatable bonds is 6. The Morgan fingerprint density at radius 1 is 0.792 bits per heavy atom. The molecular formula is C21H19NO2. The lowest BCUT2D eigenvalue weighted by Crippen LogP contribution is -2.28. The predicted molar refractivity (Wildman–Crippen MR) is 96.1 cm³/mol. The summed E-state index contributed by atoms with van der Waals surface area (Å²) in [6.45, 7) is 0.900. The van der Waals surface area contributed by atoms with Crippen LogP contribution in [0.3, 0.4) is 0 Å². The number of amides is 1. The first-order chi connectivity index (χ1) is 11.8. The zero-order chi connectivity index (χ0) is 16.6. The lowest BCUT2D eigenvalue weighted by Gasteiger charge is -2.09. The molecular weight excluding hydrogens is 298 g/mol. The molecule has 3 rings (SSSR count). The topological polar surface area (TPSA) is 38.3 Å². The summed E-state index contributed by atoms with van der Waals surface area (Å²) in [6, 6.07) is 27.2. The molecule has 0 saturated heterocycles. The van der Waals surface area contributed by atoms with Crippen molar-refractivity contribution in [3.63, 3.8) is 0 Å². The van der Waals surface area contributed by atoms with Crippen molar-refractivity contribution in [3.8, 4) is 16.9 Å². The van der Waals surface area contributed by atoms with Gasteiger partial charge in [-0.2, -0.15) is 0 Å². The molecule has 0 spiro atoms. The van der Waals surface area contributed by atoms with Crippen molar-refractivity contribution in [2.45, 2.75) is 0 Å².